The normalized spacial score (nSPS) is 11.0. The summed E-state index contributed by atoms with van der Waals surface area (Å²) in [6.45, 7) is 7.45. The van der Waals surface area contributed by atoms with Crippen molar-refractivity contribution in [3.63, 3.8) is 0 Å². The SMILES string of the molecule is CC(=O)Nc1ccc(C)c(-c2cc3cnc(NC(C)C)nc3cc2O)c1. The van der Waals surface area contributed by atoms with Gasteiger partial charge in [-0.3, -0.25) is 4.79 Å². The number of amides is 1. The number of phenols is 1. The first-order chi connectivity index (χ1) is 12.3. The number of hydrogen-bond acceptors (Lipinski definition) is 5. The van der Waals surface area contributed by atoms with Gasteiger partial charge >= 0.3 is 0 Å². The van der Waals surface area contributed by atoms with E-state index in [1.807, 2.05) is 45.0 Å². The largest absolute Gasteiger partial charge is 0.507 e. The van der Waals surface area contributed by atoms with Gasteiger partial charge in [-0.2, -0.15) is 0 Å². The molecule has 0 atom stereocenters. The summed E-state index contributed by atoms with van der Waals surface area (Å²) in [5.41, 5.74) is 3.87. The Balaban J connectivity index is 2.08. The van der Waals surface area contributed by atoms with E-state index in [4.69, 9.17) is 0 Å². The number of carbonyl (C=O) groups is 1. The Morgan fingerprint density at radius 1 is 1.15 bits per heavy atom. The molecule has 0 saturated carbocycles. The molecule has 0 spiro atoms. The number of nitrogens with one attached hydrogen (secondary N) is 2. The summed E-state index contributed by atoms with van der Waals surface area (Å²) in [5, 5.41) is 17.3. The number of aromatic hydroxyl groups is 1. The van der Waals surface area contributed by atoms with Crippen LogP contribution in [0.15, 0.2) is 36.5 Å². The zero-order chi connectivity index (χ0) is 18.8. The van der Waals surface area contributed by atoms with Gasteiger partial charge in [0.1, 0.15) is 5.75 Å². The third-order valence-corrected chi connectivity index (χ3v) is 3.96. The van der Waals surface area contributed by atoms with Gasteiger partial charge in [-0.05, 0) is 50.1 Å². The molecule has 0 unspecified atom stereocenters. The van der Waals surface area contributed by atoms with Crippen molar-refractivity contribution in [1.29, 1.82) is 0 Å². The van der Waals surface area contributed by atoms with E-state index in [0.29, 0.717) is 22.7 Å². The molecule has 1 heterocycles. The Hall–Kier alpha value is -3.15. The average molecular weight is 350 g/mol. The molecule has 1 aromatic heterocycles. The van der Waals surface area contributed by atoms with Crippen LogP contribution in [-0.4, -0.2) is 27.0 Å². The Morgan fingerprint density at radius 2 is 1.92 bits per heavy atom. The van der Waals surface area contributed by atoms with Crippen LogP contribution in [0.5, 0.6) is 5.75 Å². The van der Waals surface area contributed by atoms with Gasteiger partial charge in [-0.25, -0.2) is 9.97 Å². The molecule has 0 radical (unpaired) electrons. The second-order valence-corrected chi connectivity index (χ2v) is 6.63. The first-order valence-electron chi connectivity index (χ1n) is 8.48. The molecule has 0 saturated heterocycles. The third-order valence-electron chi connectivity index (χ3n) is 3.96. The fourth-order valence-corrected chi connectivity index (χ4v) is 2.80. The van der Waals surface area contributed by atoms with Crippen molar-refractivity contribution in [3.8, 4) is 16.9 Å². The lowest BCUT2D eigenvalue weighted by Gasteiger charge is -2.13. The molecule has 3 rings (SSSR count). The Bertz CT molecular complexity index is 983. The third kappa shape index (κ3) is 3.74. The van der Waals surface area contributed by atoms with Crippen molar-refractivity contribution in [3.05, 3.63) is 42.1 Å². The van der Waals surface area contributed by atoms with Crippen LogP contribution in [0, 0.1) is 6.92 Å². The molecular formula is C20H22N4O2. The number of aryl methyl sites for hydroxylation is 1. The summed E-state index contributed by atoms with van der Waals surface area (Å²) in [7, 11) is 0. The maximum Gasteiger partial charge on any atom is 0.223 e. The van der Waals surface area contributed by atoms with Gasteiger partial charge < -0.3 is 15.7 Å². The number of benzene rings is 2. The van der Waals surface area contributed by atoms with E-state index < -0.39 is 0 Å². The smallest absolute Gasteiger partial charge is 0.223 e. The van der Waals surface area contributed by atoms with Crippen LogP contribution >= 0.6 is 0 Å². The summed E-state index contributed by atoms with van der Waals surface area (Å²) < 4.78 is 0. The number of fused-ring (bicyclic) bond motifs is 1. The van der Waals surface area contributed by atoms with Gasteiger partial charge in [-0.1, -0.05) is 6.07 Å². The van der Waals surface area contributed by atoms with E-state index in [1.54, 1.807) is 12.3 Å². The lowest BCUT2D eigenvalue weighted by atomic mass is 9.97. The standard InChI is InChI=1S/C20H22N4O2/c1-11(2)22-20-21-10-14-7-17(19(26)9-18(14)24-20)16-8-15(23-13(4)25)6-5-12(16)3/h5-11,26H,1-4H3,(H,23,25)(H,21,22,24). The van der Waals surface area contributed by atoms with Gasteiger partial charge in [-0.15, -0.1) is 0 Å². The highest BCUT2D eigenvalue weighted by Gasteiger charge is 2.12. The summed E-state index contributed by atoms with van der Waals surface area (Å²) >= 11 is 0. The molecule has 0 aliphatic carbocycles. The highest BCUT2D eigenvalue weighted by molar-refractivity contribution is 5.92. The van der Waals surface area contributed by atoms with Crippen molar-refractivity contribution >= 4 is 28.4 Å². The number of anilines is 2. The zero-order valence-corrected chi connectivity index (χ0v) is 15.3. The molecule has 3 N–H and O–H groups in total. The number of phenolic OH excluding ortho intramolecular Hbond substituents is 1. The first kappa shape index (κ1) is 17.7. The molecular weight excluding hydrogens is 328 g/mol. The highest BCUT2D eigenvalue weighted by Crippen LogP contribution is 2.36. The molecule has 26 heavy (non-hydrogen) atoms. The molecule has 3 aromatic rings. The average Bonchev–Trinajstić information content (AvgIpc) is 2.55. The molecule has 0 bridgehead atoms. The number of aromatic nitrogens is 2. The number of hydrogen-bond donors (Lipinski definition) is 3. The minimum absolute atomic E-state index is 0.134. The van der Waals surface area contributed by atoms with Crippen LogP contribution in [-0.2, 0) is 4.79 Å². The lowest BCUT2D eigenvalue weighted by molar-refractivity contribution is -0.114. The van der Waals surface area contributed by atoms with Crippen LogP contribution in [0.2, 0.25) is 0 Å². The predicted octanol–water partition coefficient (Wildman–Crippen LogP) is 4.09. The molecule has 0 fully saturated rings. The molecule has 0 aliphatic heterocycles. The fraction of sp³-hybridized carbons (Fsp3) is 0.250. The second-order valence-electron chi connectivity index (χ2n) is 6.63. The molecule has 2 aromatic carbocycles. The van der Waals surface area contributed by atoms with Crippen LogP contribution in [0.3, 0.4) is 0 Å². The number of nitrogens with zero attached hydrogens (tertiary/aromatic N) is 2. The fourth-order valence-electron chi connectivity index (χ4n) is 2.80. The topological polar surface area (TPSA) is 87.1 Å². The van der Waals surface area contributed by atoms with E-state index in [1.165, 1.54) is 6.92 Å². The maximum atomic E-state index is 11.3. The summed E-state index contributed by atoms with van der Waals surface area (Å²) in [5.74, 6) is 0.527. The minimum Gasteiger partial charge on any atom is -0.507 e. The van der Waals surface area contributed by atoms with Gasteiger partial charge in [0.2, 0.25) is 11.9 Å². The molecule has 134 valence electrons. The van der Waals surface area contributed by atoms with Gasteiger partial charge in [0.05, 0.1) is 5.52 Å². The van der Waals surface area contributed by atoms with Crippen molar-refractivity contribution in [2.24, 2.45) is 0 Å². The monoisotopic (exact) mass is 350 g/mol. The number of carbonyl (C=O) groups excluding carboxylic acids is 1. The summed E-state index contributed by atoms with van der Waals surface area (Å²) in [6.07, 6.45) is 1.74. The number of rotatable bonds is 4. The quantitative estimate of drug-likeness (QED) is 0.660. The van der Waals surface area contributed by atoms with E-state index in [9.17, 15) is 9.90 Å². The van der Waals surface area contributed by atoms with Crippen LogP contribution < -0.4 is 10.6 Å². The molecule has 6 nitrogen and oxygen atoms in total. The van der Waals surface area contributed by atoms with E-state index >= 15 is 0 Å². The maximum absolute atomic E-state index is 11.3. The molecule has 6 heteroatoms. The minimum atomic E-state index is -0.138. The van der Waals surface area contributed by atoms with E-state index in [0.717, 1.165) is 16.5 Å². The Kier molecular flexibility index (Phi) is 4.75. The van der Waals surface area contributed by atoms with Crippen molar-refractivity contribution < 1.29 is 9.90 Å². The predicted molar refractivity (Wildman–Crippen MR) is 104 cm³/mol. The summed E-state index contributed by atoms with van der Waals surface area (Å²) in [4.78, 5) is 20.1. The highest BCUT2D eigenvalue weighted by atomic mass is 16.3. The van der Waals surface area contributed by atoms with E-state index in [-0.39, 0.29) is 17.7 Å². The Labute approximate surface area is 152 Å². The zero-order valence-electron chi connectivity index (χ0n) is 15.3. The lowest BCUT2D eigenvalue weighted by Crippen LogP contribution is -2.12. The second kappa shape index (κ2) is 7.00. The van der Waals surface area contributed by atoms with Gasteiger partial charge in [0.25, 0.3) is 0 Å². The van der Waals surface area contributed by atoms with Crippen molar-refractivity contribution in [2.75, 3.05) is 10.6 Å². The van der Waals surface area contributed by atoms with Gasteiger partial charge in [0.15, 0.2) is 0 Å². The molecule has 1 amide bonds. The molecule has 0 aliphatic rings. The summed E-state index contributed by atoms with van der Waals surface area (Å²) in [6, 6.07) is 9.33. The Morgan fingerprint density at radius 3 is 2.62 bits per heavy atom. The van der Waals surface area contributed by atoms with Crippen molar-refractivity contribution in [2.45, 2.75) is 33.7 Å². The van der Waals surface area contributed by atoms with Crippen LogP contribution in [0.1, 0.15) is 26.3 Å². The van der Waals surface area contributed by atoms with Crippen molar-refractivity contribution in [1.82, 2.24) is 9.97 Å². The van der Waals surface area contributed by atoms with E-state index in [2.05, 4.69) is 20.6 Å². The van der Waals surface area contributed by atoms with Gasteiger partial charge in [0, 0.05) is 41.9 Å². The van der Waals surface area contributed by atoms with Crippen LogP contribution in [0.4, 0.5) is 11.6 Å². The van der Waals surface area contributed by atoms with Crippen LogP contribution in [0.25, 0.3) is 22.0 Å². The first-order valence-corrected chi connectivity index (χ1v) is 8.48.